The quantitative estimate of drug-likeness (QED) is 0.172. The fourth-order valence-corrected chi connectivity index (χ4v) is 3.09. The van der Waals surface area contributed by atoms with Crippen molar-refractivity contribution in [2.45, 2.75) is 96.8 Å². The van der Waals surface area contributed by atoms with Crippen LogP contribution in [-0.2, 0) is 6.42 Å². The molecule has 0 radical (unpaired) electrons. The lowest BCUT2D eigenvalue weighted by Gasteiger charge is -2.04. The van der Waals surface area contributed by atoms with E-state index in [1.165, 1.54) is 89.7 Å². The number of hydrogen-bond acceptors (Lipinski definition) is 3. The van der Waals surface area contributed by atoms with E-state index in [9.17, 15) is 0 Å². The normalized spacial score (nSPS) is 11.4. The van der Waals surface area contributed by atoms with Crippen molar-refractivity contribution in [1.29, 1.82) is 0 Å². The minimum absolute atomic E-state index is 0.727. The van der Waals surface area contributed by atoms with E-state index in [1.807, 2.05) is 12.1 Å². The fourth-order valence-electron chi connectivity index (χ4n) is 3.09. The molecular formula is C21H36N2O. The van der Waals surface area contributed by atoms with E-state index in [1.54, 1.807) is 0 Å². The fraction of sp³-hybridized carbons (Fsp3) is 0.714. The number of rotatable bonds is 15. The molecule has 0 unspecified atom stereocenters. The topological polar surface area (TPSA) is 45.5 Å². The van der Waals surface area contributed by atoms with E-state index < -0.39 is 0 Å². The van der Waals surface area contributed by atoms with Gasteiger partial charge in [-0.05, 0) is 25.0 Å². The van der Waals surface area contributed by atoms with Crippen LogP contribution in [0.4, 0.5) is 0 Å². The smallest absolute Gasteiger partial charge is 0.0918 e. The molecule has 0 aliphatic carbocycles. The molecule has 136 valence electrons. The Hall–Kier alpha value is -1.38. The maximum Gasteiger partial charge on any atom is 0.0918 e. The number of aryl methyl sites for hydroxylation is 1. The van der Waals surface area contributed by atoms with Gasteiger partial charge in [-0.3, -0.25) is 4.98 Å². The molecule has 1 N–H and O–H groups in total. The van der Waals surface area contributed by atoms with Gasteiger partial charge >= 0.3 is 0 Å². The monoisotopic (exact) mass is 332 g/mol. The molecule has 0 saturated heterocycles. The predicted octanol–water partition coefficient (Wildman–Crippen LogP) is 6.52. The average molecular weight is 333 g/mol. The van der Waals surface area contributed by atoms with Crippen molar-refractivity contribution in [2.24, 2.45) is 5.16 Å². The van der Waals surface area contributed by atoms with E-state index in [0.29, 0.717) is 0 Å². The molecule has 3 heteroatoms. The molecule has 0 amide bonds. The molecule has 0 aromatic carbocycles. The first-order valence-corrected chi connectivity index (χ1v) is 10.00. The summed E-state index contributed by atoms with van der Waals surface area (Å²) in [5.41, 5.74) is 1.82. The molecule has 1 aromatic heterocycles. The van der Waals surface area contributed by atoms with E-state index in [4.69, 9.17) is 5.21 Å². The summed E-state index contributed by atoms with van der Waals surface area (Å²) >= 11 is 0. The van der Waals surface area contributed by atoms with Gasteiger partial charge in [0.25, 0.3) is 0 Å². The van der Waals surface area contributed by atoms with Gasteiger partial charge in [0.2, 0.25) is 0 Å². The summed E-state index contributed by atoms with van der Waals surface area (Å²) in [4.78, 5) is 4.45. The van der Waals surface area contributed by atoms with Gasteiger partial charge in [0.05, 0.1) is 11.9 Å². The zero-order valence-electron chi connectivity index (χ0n) is 15.6. The highest BCUT2D eigenvalue weighted by Gasteiger charge is 1.98. The molecule has 1 rings (SSSR count). The van der Waals surface area contributed by atoms with Crippen LogP contribution in [0, 0.1) is 0 Å². The summed E-state index contributed by atoms with van der Waals surface area (Å²) in [6.45, 7) is 2.28. The Kier molecular flexibility index (Phi) is 13.1. The Bertz CT molecular complexity index is 432. The Morgan fingerprint density at radius 2 is 1.38 bits per heavy atom. The highest BCUT2D eigenvalue weighted by atomic mass is 16.4. The number of pyridine rings is 1. The maximum absolute atomic E-state index is 8.54. The van der Waals surface area contributed by atoms with Crippen LogP contribution in [0.5, 0.6) is 0 Å². The zero-order chi connectivity index (χ0) is 17.3. The number of oxime groups is 1. The van der Waals surface area contributed by atoms with Crippen molar-refractivity contribution in [1.82, 2.24) is 4.98 Å². The summed E-state index contributed by atoms with van der Waals surface area (Å²) in [5.74, 6) is 0. The third-order valence-electron chi connectivity index (χ3n) is 4.55. The first kappa shape index (κ1) is 20.7. The van der Waals surface area contributed by atoms with E-state index in [2.05, 4.69) is 23.1 Å². The second-order valence-electron chi connectivity index (χ2n) is 6.79. The van der Waals surface area contributed by atoms with E-state index in [0.717, 1.165) is 17.8 Å². The number of unbranched alkanes of at least 4 members (excludes halogenated alkanes) is 12. The van der Waals surface area contributed by atoms with Gasteiger partial charge in [-0.25, -0.2) is 0 Å². The standard InChI is InChI=1S/C21H36N2O/c1-2-3-4-5-6-7-8-9-10-11-12-13-14-16-20-17-15-18-21(23-20)19-22-24/h15,17-19,24H,2-14,16H2,1H3/b22-19+. The Morgan fingerprint density at radius 3 is 1.92 bits per heavy atom. The van der Waals surface area contributed by atoms with Crippen molar-refractivity contribution in [3.8, 4) is 0 Å². The Labute approximate surface area is 148 Å². The van der Waals surface area contributed by atoms with Crippen LogP contribution in [0.1, 0.15) is 102 Å². The number of aromatic nitrogens is 1. The molecule has 0 bridgehead atoms. The van der Waals surface area contributed by atoms with Gasteiger partial charge in [-0.1, -0.05) is 95.2 Å². The maximum atomic E-state index is 8.54. The second kappa shape index (κ2) is 15.2. The molecule has 1 heterocycles. The van der Waals surface area contributed by atoms with Crippen molar-refractivity contribution in [3.63, 3.8) is 0 Å². The average Bonchev–Trinajstić information content (AvgIpc) is 2.60. The second-order valence-corrected chi connectivity index (χ2v) is 6.79. The van der Waals surface area contributed by atoms with Crippen LogP contribution in [0.25, 0.3) is 0 Å². The largest absolute Gasteiger partial charge is 0.411 e. The summed E-state index contributed by atoms with van der Waals surface area (Å²) in [6, 6.07) is 5.88. The van der Waals surface area contributed by atoms with Gasteiger partial charge in [0.1, 0.15) is 0 Å². The lowest BCUT2D eigenvalue weighted by atomic mass is 10.0. The summed E-state index contributed by atoms with van der Waals surface area (Å²) in [6.07, 6.45) is 20.3. The van der Waals surface area contributed by atoms with Gasteiger partial charge in [-0.2, -0.15) is 0 Å². The van der Waals surface area contributed by atoms with Crippen LogP contribution in [0.15, 0.2) is 23.4 Å². The summed E-state index contributed by atoms with van der Waals surface area (Å²) in [5, 5.41) is 11.6. The molecular weight excluding hydrogens is 296 g/mol. The van der Waals surface area contributed by atoms with Crippen LogP contribution >= 0.6 is 0 Å². The minimum Gasteiger partial charge on any atom is -0.411 e. The molecule has 0 atom stereocenters. The van der Waals surface area contributed by atoms with Gasteiger partial charge in [-0.15, -0.1) is 0 Å². The molecule has 0 spiro atoms. The molecule has 0 saturated carbocycles. The third-order valence-corrected chi connectivity index (χ3v) is 4.55. The molecule has 0 aliphatic heterocycles. The molecule has 3 nitrogen and oxygen atoms in total. The highest BCUT2D eigenvalue weighted by Crippen LogP contribution is 2.13. The molecule has 0 fully saturated rings. The van der Waals surface area contributed by atoms with Gasteiger partial charge < -0.3 is 5.21 Å². The van der Waals surface area contributed by atoms with E-state index >= 15 is 0 Å². The van der Waals surface area contributed by atoms with Crippen molar-refractivity contribution >= 4 is 6.21 Å². The molecule has 24 heavy (non-hydrogen) atoms. The predicted molar refractivity (Wildman–Crippen MR) is 103 cm³/mol. The first-order chi connectivity index (χ1) is 11.9. The molecule has 1 aromatic rings. The van der Waals surface area contributed by atoms with Crippen LogP contribution < -0.4 is 0 Å². The molecule has 0 aliphatic rings. The van der Waals surface area contributed by atoms with Crippen molar-refractivity contribution in [3.05, 3.63) is 29.6 Å². The number of nitrogens with zero attached hydrogens (tertiary/aromatic N) is 2. The minimum atomic E-state index is 0.727. The number of hydrogen-bond donors (Lipinski definition) is 1. The zero-order valence-corrected chi connectivity index (χ0v) is 15.6. The van der Waals surface area contributed by atoms with Crippen molar-refractivity contribution in [2.75, 3.05) is 0 Å². The Balaban J connectivity index is 1.89. The van der Waals surface area contributed by atoms with Crippen LogP contribution in [0.2, 0.25) is 0 Å². The van der Waals surface area contributed by atoms with Crippen molar-refractivity contribution < 1.29 is 5.21 Å². The van der Waals surface area contributed by atoms with Crippen LogP contribution in [0.3, 0.4) is 0 Å². The van der Waals surface area contributed by atoms with Gasteiger partial charge in [0, 0.05) is 5.69 Å². The SMILES string of the molecule is CCCCCCCCCCCCCCCc1cccc(/C=N/O)n1. The summed E-state index contributed by atoms with van der Waals surface area (Å²) < 4.78 is 0. The third kappa shape index (κ3) is 11.2. The van der Waals surface area contributed by atoms with Gasteiger partial charge in [0.15, 0.2) is 0 Å². The lowest BCUT2D eigenvalue weighted by molar-refractivity contribution is 0.321. The van der Waals surface area contributed by atoms with E-state index in [-0.39, 0.29) is 0 Å². The summed E-state index contributed by atoms with van der Waals surface area (Å²) in [7, 11) is 0. The highest BCUT2D eigenvalue weighted by molar-refractivity contribution is 5.76. The first-order valence-electron chi connectivity index (χ1n) is 10.00. The van der Waals surface area contributed by atoms with Crippen LogP contribution in [-0.4, -0.2) is 16.4 Å². The Morgan fingerprint density at radius 1 is 0.833 bits per heavy atom. The lowest BCUT2D eigenvalue weighted by Crippen LogP contribution is -1.95.